The molecular weight excluding hydrogens is 426 g/mol. The summed E-state index contributed by atoms with van der Waals surface area (Å²) in [6, 6.07) is 10.9. The average molecular weight is 452 g/mol. The third kappa shape index (κ3) is 5.66. The Hall–Kier alpha value is -2.27. The predicted octanol–water partition coefficient (Wildman–Crippen LogP) is 1.45. The number of benzene rings is 2. The Morgan fingerprint density at radius 2 is 1.70 bits per heavy atom. The van der Waals surface area contributed by atoms with Crippen LogP contribution in [0.3, 0.4) is 0 Å². The van der Waals surface area contributed by atoms with Crippen LogP contribution in [-0.4, -0.2) is 41.9 Å². The Kier molecular flexibility index (Phi) is 6.61. The van der Waals surface area contributed by atoms with Crippen LogP contribution in [0.25, 0.3) is 0 Å². The van der Waals surface area contributed by atoms with Crippen LogP contribution in [-0.2, 0) is 20.0 Å². The standard InChI is InChI=1S/C20H25N3O5S2/c1-14-6-7-15(2)19(12-14)30(27,28)22-11-10-21-20(24)16-4-3-5-18(13-16)29(25,26)23-17-8-9-17/h3-7,12-13,17,22-23H,8-11H2,1-2H3,(H,21,24). The maximum atomic E-state index is 12.5. The molecule has 10 heteroatoms. The summed E-state index contributed by atoms with van der Waals surface area (Å²) in [6.07, 6.45) is 1.63. The normalized spacial score (nSPS) is 14.5. The van der Waals surface area contributed by atoms with Gasteiger partial charge in [-0.15, -0.1) is 0 Å². The number of rotatable bonds is 9. The fourth-order valence-electron chi connectivity index (χ4n) is 2.83. The van der Waals surface area contributed by atoms with Crippen LogP contribution < -0.4 is 14.8 Å². The molecule has 0 aliphatic heterocycles. The maximum absolute atomic E-state index is 12.5. The van der Waals surface area contributed by atoms with Crippen molar-refractivity contribution in [1.29, 1.82) is 0 Å². The number of amides is 1. The molecule has 2 aromatic rings. The van der Waals surface area contributed by atoms with E-state index in [2.05, 4.69) is 14.8 Å². The van der Waals surface area contributed by atoms with Gasteiger partial charge in [-0.3, -0.25) is 4.79 Å². The number of hydrogen-bond acceptors (Lipinski definition) is 5. The van der Waals surface area contributed by atoms with E-state index in [-0.39, 0.29) is 34.5 Å². The van der Waals surface area contributed by atoms with E-state index in [4.69, 9.17) is 0 Å². The summed E-state index contributed by atoms with van der Waals surface area (Å²) in [5, 5.41) is 2.60. The summed E-state index contributed by atoms with van der Waals surface area (Å²) >= 11 is 0. The summed E-state index contributed by atoms with van der Waals surface area (Å²) in [4.78, 5) is 12.6. The van der Waals surface area contributed by atoms with Crippen molar-refractivity contribution >= 4 is 26.0 Å². The fourth-order valence-corrected chi connectivity index (χ4v) is 5.54. The van der Waals surface area contributed by atoms with E-state index in [9.17, 15) is 21.6 Å². The van der Waals surface area contributed by atoms with Gasteiger partial charge in [-0.1, -0.05) is 18.2 Å². The molecule has 0 heterocycles. The van der Waals surface area contributed by atoms with Crippen molar-refractivity contribution in [3.8, 4) is 0 Å². The van der Waals surface area contributed by atoms with Crippen LogP contribution in [0.5, 0.6) is 0 Å². The van der Waals surface area contributed by atoms with Gasteiger partial charge in [-0.05, 0) is 62.1 Å². The molecule has 1 aliphatic carbocycles. The third-order valence-corrected chi connectivity index (χ3v) is 7.76. The Bertz CT molecular complexity index is 1160. The minimum atomic E-state index is -3.70. The lowest BCUT2D eigenvalue weighted by Crippen LogP contribution is -2.35. The highest BCUT2D eigenvalue weighted by molar-refractivity contribution is 7.89. The quantitative estimate of drug-likeness (QED) is 0.498. The van der Waals surface area contributed by atoms with Gasteiger partial charge in [0.15, 0.2) is 0 Å². The second-order valence-corrected chi connectivity index (χ2v) is 10.8. The summed E-state index contributed by atoms with van der Waals surface area (Å²) < 4.78 is 54.6. The van der Waals surface area contributed by atoms with Gasteiger partial charge in [0.1, 0.15) is 0 Å². The minimum absolute atomic E-state index is 0.00266. The molecule has 0 aromatic heterocycles. The molecule has 0 unspecified atom stereocenters. The minimum Gasteiger partial charge on any atom is -0.351 e. The highest BCUT2D eigenvalue weighted by atomic mass is 32.2. The lowest BCUT2D eigenvalue weighted by atomic mass is 10.2. The predicted molar refractivity (Wildman–Crippen MR) is 113 cm³/mol. The van der Waals surface area contributed by atoms with Crippen molar-refractivity contribution in [3.63, 3.8) is 0 Å². The van der Waals surface area contributed by atoms with Gasteiger partial charge in [0.25, 0.3) is 5.91 Å². The molecule has 1 aliphatic rings. The number of sulfonamides is 2. The van der Waals surface area contributed by atoms with Crippen molar-refractivity contribution in [2.45, 2.75) is 42.5 Å². The Labute approximate surface area is 177 Å². The molecule has 2 aromatic carbocycles. The number of carbonyl (C=O) groups excluding carboxylic acids is 1. The smallest absolute Gasteiger partial charge is 0.251 e. The van der Waals surface area contributed by atoms with Crippen molar-refractivity contribution in [1.82, 2.24) is 14.8 Å². The number of carbonyl (C=O) groups is 1. The summed E-state index contributed by atoms with van der Waals surface area (Å²) in [7, 11) is -7.35. The molecule has 0 saturated heterocycles. The second-order valence-electron chi connectivity index (χ2n) is 7.35. The van der Waals surface area contributed by atoms with Gasteiger partial charge < -0.3 is 5.32 Å². The van der Waals surface area contributed by atoms with Crippen molar-refractivity contribution in [2.24, 2.45) is 0 Å². The van der Waals surface area contributed by atoms with Crippen molar-refractivity contribution in [3.05, 3.63) is 59.2 Å². The van der Waals surface area contributed by atoms with Gasteiger partial charge in [-0.2, -0.15) is 0 Å². The van der Waals surface area contributed by atoms with Crippen molar-refractivity contribution in [2.75, 3.05) is 13.1 Å². The monoisotopic (exact) mass is 451 g/mol. The van der Waals surface area contributed by atoms with Crippen LogP contribution in [0, 0.1) is 13.8 Å². The first kappa shape index (κ1) is 22.4. The molecule has 0 atom stereocenters. The van der Waals surface area contributed by atoms with E-state index in [1.165, 1.54) is 24.3 Å². The number of nitrogens with one attached hydrogen (secondary N) is 3. The summed E-state index contributed by atoms with van der Waals surface area (Å²) in [5.41, 5.74) is 1.65. The zero-order chi connectivity index (χ0) is 21.9. The largest absolute Gasteiger partial charge is 0.351 e. The molecule has 3 rings (SSSR count). The zero-order valence-corrected chi connectivity index (χ0v) is 18.4. The van der Waals surface area contributed by atoms with E-state index in [0.29, 0.717) is 5.56 Å². The van der Waals surface area contributed by atoms with Crippen LogP contribution in [0.15, 0.2) is 52.3 Å². The van der Waals surface area contributed by atoms with Gasteiger partial charge >= 0.3 is 0 Å². The van der Waals surface area contributed by atoms with Gasteiger partial charge in [-0.25, -0.2) is 26.3 Å². The molecule has 1 saturated carbocycles. The third-order valence-electron chi connectivity index (χ3n) is 4.64. The Balaban J connectivity index is 1.57. The van der Waals surface area contributed by atoms with Gasteiger partial charge in [0.2, 0.25) is 20.0 Å². The molecule has 162 valence electrons. The van der Waals surface area contributed by atoms with Crippen LogP contribution >= 0.6 is 0 Å². The molecule has 3 N–H and O–H groups in total. The number of hydrogen-bond donors (Lipinski definition) is 3. The first-order chi connectivity index (χ1) is 14.1. The Morgan fingerprint density at radius 1 is 0.967 bits per heavy atom. The zero-order valence-electron chi connectivity index (χ0n) is 16.8. The molecule has 0 radical (unpaired) electrons. The molecule has 8 nitrogen and oxygen atoms in total. The second kappa shape index (κ2) is 8.84. The Morgan fingerprint density at radius 3 is 2.40 bits per heavy atom. The van der Waals surface area contributed by atoms with E-state index < -0.39 is 26.0 Å². The highest BCUT2D eigenvalue weighted by Gasteiger charge is 2.28. The van der Waals surface area contributed by atoms with Crippen molar-refractivity contribution < 1.29 is 21.6 Å². The fraction of sp³-hybridized carbons (Fsp3) is 0.350. The lowest BCUT2D eigenvalue weighted by Gasteiger charge is -2.11. The molecular formula is C20H25N3O5S2. The maximum Gasteiger partial charge on any atom is 0.251 e. The number of aryl methyl sites for hydroxylation is 2. The van der Waals surface area contributed by atoms with E-state index >= 15 is 0 Å². The summed E-state index contributed by atoms with van der Waals surface area (Å²) in [5.74, 6) is -0.482. The highest BCUT2D eigenvalue weighted by Crippen LogP contribution is 2.22. The van der Waals surface area contributed by atoms with Crippen LogP contribution in [0.4, 0.5) is 0 Å². The van der Waals surface area contributed by atoms with Gasteiger partial charge in [0.05, 0.1) is 9.79 Å². The molecule has 0 bridgehead atoms. The molecule has 1 fully saturated rings. The topological polar surface area (TPSA) is 121 Å². The first-order valence-electron chi connectivity index (χ1n) is 9.56. The van der Waals surface area contributed by atoms with E-state index in [1.54, 1.807) is 19.1 Å². The van der Waals surface area contributed by atoms with E-state index in [0.717, 1.165) is 18.4 Å². The first-order valence-corrected chi connectivity index (χ1v) is 12.5. The SMILES string of the molecule is Cc1ccc(C)c(S(=O)(=O)NCCNC(=O)c2cccc(S(=O)(=O)NC3CC3)c2)c1. The average Bonchev–Trinajstić information content (AvgIpc) is 3.50. The lowest BCUT2D eigenvalue weighted by molar-refractivity contribution is 0.0954. The van der Waals surface area contributed by atoms with E-state index in [1.807, 2.05) is 13.0 Å². The van der Waals surface area contributed by atoms with Crippen LogP contribution in [0.2, 0.25) is 0 Å². The molecule has 0 spiro atoms. The molecule has 1 amide bonds. The molecule has 30 heavy (non-hydrogen) atoms. The summed E-state index contributed by atoms with van der Waals surface area (Å²) in [6.45, 7) is 3.59. The van der Waals surface area contributed by atoms with Crippen LogP contribution in [0.1, 0.15) is 34.3 Å². The van der Waals surface area contributed by atoms with Gasteiger partial charge in [0, 0.05) is 24.7 Å².